The summed E-state index contributed by atoms with van der Waals surface area (Å²) in [7, 11) is 3.77. The first kappa shape index (κ1) is 19.2. The van der Waals surface area contributed by atoms with Crippen LogP contribution < -0.4 is 10.2 Å². The number of likely N-dealkylation sites (N-methyl/N-ethyl adjacent to an activating group) is 1. The van der Waals surface area contributed by atoms with Crippen molar-refractivity contribution in [2.45, 2.75) is 32.5 Å². The van der Waals surface area contributed by atoms with Gasteiger partial charge in [-0.15, -0.1) is 12.4 Å². The van der Waals surface area contributed by atoms with Crippen LogP contribution in [0.1, 0.15) is 19.4 Å². The fourth-order valence-corrected chi connectivity index (χ4v) is 2.77. The van der Waals surface area contributed by atoms with Crippen molar-refractivity contribution in [2.75, 3.05) is 45.3 Å². The Bertz CT molecular complexity index is 419. The van der Waals surface area contributed by atoms with Crippen molar-refractivity contribution < 1.29 is 4.74 Å². The number of rotatable bonds is 6. The summed E-state index contributed by atoms with van der Waals surface area (Å²) >= 11 is 0. The third-order valence-corrected chi connectivity index (χ3v) is 4.21. The molecule has 22 heavy (non-hydrogen) atoms. The van der Waals surface area contributed by atoms with Gasteiger partial charge in [-0.25, -0.2) is 4.98 Å². The first-order valence-electron chi connectivity index (χ1n) is 7.73. The molecule has 1 aromatic rings. The van der Waals surface area contributed by atoms with Crippen molar-refractivity contribution in [1.82, 2.24) is 15.2 Å². The second-order valence-electron chi connectivity index (χ2n) is 5.97. The summed E-state index contributed by atoms with van der Waals surface area (Å²) in [5, 5.41) is 3.47. The third kappa shape index (κ3) is 5.09. The second-order valence-corrected chi connectivity index (χ2v) is 5.97. The molecule has 1 aromatic heterocycles. The number of halogens is 1. The van der Waals surface area contributed by atoms with Gasteiger partial charge in [0.05, 0.1) is 6.61 Å². The monoisotopic (exact) mass is 328 g/mol. The van der Waals surface area contributed by atoms with Gasteiger partial charge in [-0.1, -0.05) is 6.07 Å². The van der Waals surface area contributed by atoms with Gasteiger partial charge in [-0.2, -0.15) is 0 Å². The van der Waals surface area contributed by atoms with Crippen LogP contribution in [0.2, 0.25) is 0 Å². The Kier molecular flexibility index (Phi) is 8.10. The number of anilines is 1. The van der Waals surface area contributed by atoms with E-state index in [1.54, 1.807) is 7.11 Å². The number of nitrogens with zero attached hydrogens (tertiary/aromatic N) is 3. The van der Waals surface area contributed by atoms with Gasteiger partial charge in [0.15, 0.2) is 0 Å². The Balaban J connectivity index is 0.00000242. The molecule has 6 heteroatoms. The Morgan fingerprint density at radius 2 is 2.00 bits per heavy atom. The van der Waals surface area contributed by atoms with Gasteiger partial charge < -0.3 is 15.0 Å². The van der Waals surface area contributed by atoms with Crippen molar-refractivity contribution in [1.29, 1.82) is 0 Å². The lowest BCUT2D eigenvalue weighted by Gasteiger charge is -2.39. The minimum absolute atomic E-state index is 0. The van der Waals surface area contributed by atoms with E-state index in [1.165, 1.54) is 5.56 Å². The Morgan fingerprint density at radius 3 is 2.55 bits per heavy atom. The zero-order valence-corrected chi connectivity index (χ0v) is 14.9. The average Bonchev–Trinajstić information content (AvgIpc) is 2.49. The van der Waals surface area contributed by atoms with Gasteiger partial charge in [0, 0.05) is 58.6 Å². The molecule has 1 fully saturated rings. The number of piperazine rings is 1. The van der Waals surface area contributed by atoms with Gasteiger partial charge >= 0.3 is 0 Å². The van der Waals surface area contributed by atoms with E-state index in [-0.39, 0.29) is 12.4 Å². The molecule has 0 saturated carbocycles. The van der Waals surface area contributed by atoms with E-state index in [0.29, 0.717) is 12.1 Å². The number of aromatic nitrogens is 1. The molecule has 1 aliphatic heterocycles. The van der Waals surface area contributed by atoms with Crippen LogP contribution in [-0.2, 0) is 11.3 Å². The van der Waals surface area contributed by atoms with Gasteiger partial charge in [0.25, 0.3) is 0 Å². The standard InChI is InChI=1S/C16H28N4O.ClH/c1-13-9-17-10-14(2)20(13)12-15-5-6-16(18-11-15)19(3)7-8-21-4;/h5-6,11,13-14,17H,7-10,12H2,1-4H3;1H/t13-,14+;. The van der Waals surface area contributed by atoms with Gasteiger partial charge in [0.1, 0.15) is 5.82 Å². The second kappa shape index (κ2) is 9.30. The molecule has 2 heterocycles. The van der Waals surface area contributed by atoms with Crippen LogP contribution >= 0.6 is 12.4 Å². The van der Waals surface area contributed by atoms with Crippen LogP contribution in [0.4, 0.5) is 5.82 Å². The number of pyridine rings is 1. The van der Waals surface area contributed by atoms with E-state index in [9.17, 15) is 0 Å². The van der Waals surface area contributed by atoms with Gasteiger partial charge in [-0.3, -0.25) is 4.90 Å². The molecule has 1 N–H and O–H groups in total. The molecule has 2 rings (SSSR count). The van der Waals surface area contributed by atoms with Crippen LogP contribution in [0.3, 0.4) is 0 Å². The molecule has 2 atom stereocenters. The lowest BCUT2D eigenvalue weighted by Crippen LogP contribution is -2.54. The van der Waals surface area contributed by atoms with Crippen LogP contribution in [-0.4, -0.2) is 62.4 Å². The van der Waals surface area contributed by atoms with E-state index >= 15 is 0 Å². The Labute approximate surface area is 140 Å². The van der Waals surface area contributed by atoms with E-state index in [2.05, 4.69) is 46.1 Å². The van der Waals surface area contributed by atoms with E-state index in [4.69, 9.17) is 4.74 Å². The molecule has 1 saturated heterocycles. The summed E-state index contributed by atoms with van der Waals surface area (Å²) in [6.45, 7) is 9.24. The highest BCUT2D eigenvalue weighted by molar-refractivity contribution is 5.85. The maximum atomic E-state index is 5.10. The fourth-order valence-electron chi connectivity index (χ4n) is 2.77. The molecule has 0 aliphatic carbocycles. The molecule has 0 aromatic carbocycles. The summed E-state index contributed by atoms with van der Waals surface area (Å²) in [6.07, 6.45) is 2.00. The molecule has 0 radical (unpaired) electrons. The summed E-state index contributed by atoms with van der Waals surface area (Å²) in [5.41, 5.74) is 1.28. The van der Waals surface area contributed by atoms with Crippen molar-refractivity contribution in [3.63, 3.8) is 0 Å². The number of nitrogens with one attached hydrogen (secondary N) is 1. The predicted molar refractivity (Wildman–Crippen MR) is 94.0 cm³/mol. The Morgan fingerprint density at radius 1 is 1.32 bits per heavy atom. The molecule has 1 aliphatic rings. The summed E-state index contributed by atoms with van der Waals surface area (Å²) < 4.78 is 5.10. The average molecular weight is 329 g/mol. The van der Waals surface area contributed by atoms with Crippen molar-refractivity contribution >= 4 is 18.2 Å². The van der Waals surface area contributed by atoms with E-state index in [0.717, 1.165) is 38.6 Å². The topological polar surface area (TPSA) is 40.6 Å². The first-order chi connectivity index (χ1) is 10.1. The minimum atomic E-state index is 0. The van der Waals surface area contributed by atoms with Crippen molar-refractivity contribution in [3.8, 4) is 0 Å². The van der Waals surface area contributed by atoms with Crippen molar-refractivity contribution in [2.24, 2.45) is 0 Å². The van der Waals surface area contributed by atoms with Crippen LogP contribution in [0, 0.1) is 0 Å². The number of hydrogen-bond donors (Lipinski definition) is 1. The van der Waals surface area contributed by atoms with E-state index < -0.39 is 0 Å². The number of ether oxygens (including phenoxy) is 1. The van der Waals surface area contributed by atoms with Crippen molar-refractivity contribution in [3.05, 3.63) is 23.9 Å². The molecule has 0 spiro atoms. The summed E-state index contributed by atoms with van der Waals surface area (Å²) in [4.78, 5) is 9.23. The number of methoxy groups -OCH3 is 1. The van der Waals surface area contributed by atoms with Crippen LogP contribution in [0.5, 0.6) is 0 Å². The van der Waals surface area contributed by atoms with Gasteiger partial charge in [0.2, 0.25) is 0 Å². The largest absolute Gasteiger partial charge is 0.383 e. The summed E-state index contributed by atoms with van der Waals surface area (Å²) in [6, 6.07) is 5.42. The highest BCUT2D eigenvalue weighted by Gasteiger charge is 2.24. The molecular formula is C16H29ClN4O. The van der Waals surface area contributed by atoms with E-state index in [1.807, 2.05) is 13.2 Å². The maximum Gasteiger partial charge on any atom is 0.128 e. The highest BCUT2D eigenvalue weighted by Crippen LogP contribution is 2.16. The lowest BCUT2D eigenvalue weighted by atomic mass is 10.1. The SMILES string of the molecule is COCCN(C)c1ccc(CN2[C@H](C)CNC[C@@H]2C)cn1.Cl. The van der Waals surface area contributed by atoms with Crippen LogP contribution in [0.25, 0.3) is 0 Å². The molecule has 5 nitrogen and oxygen atoms in total. The first-order valence-corrected chi connectivity index (χ1v) is 7.73. The number of hydrogen-bond acceptors (Lipinski definition) is 5. The molecule has 0 bridgehead atoms. The molecule has 0 unspecified atom stereocenters. The fraction of sp³-hybridized carbons (Fsp3) is 0.688. The molecule has 0 amide bonds. The molecular weight excluding hydrogens is 300 g/mol. The zero-order chi connectivity index (χ0) is 15.2. The zero-order valence-electron chi connectivity index (χ0n) is 14.1. The predicted octanol–water partition coefficient (Wildman–Crippen LogP) is 1.77. The minimum Gasteiger partial charge on any atom is -0.383 e. The van der Waals surface area contributed by atoms with Gasteiger partial charge in [-0.05, 0) is 25.5 Å². The molecule has 126 valence electrons. The van der Waals surface area contributed by atoms with Crippen LogP contribution in [0.15, 0.2) is 18.3 Å². The highest BCUT2D eigenvalue weighted by atomic mass is 35.5. The lowest BCUT2D eigenvalue weighted by molar-refractivity contribution is 0.108. The summed E-state index contributed by atoms with van der Waals surface area (Å²) in [5.74, 6) is 0.997. The third-order valence-electron chi connectivity index (χ3n) is 4.21. The smallest absolute Gasteiger partial charge is 0.128 e. The quantitative estimate of drug-likeness (QED) is 0.862. The maximum absolute atomic E-state index is 5.10. The Hall–Kier alpha value is -0.880. The normalized spacial score (nSPS) is 22.2.